The molecule has 0 aromatic rings. The van der Waals surface area contributed by atoms with Gasteiger partial charge in [0.15, 0.2) is 0 Å². The van der Waals surface area contributed by atoms with E-state index in [-0.39, 0.29) is 12.3 Å². The molecule has 4 heteroatoms. The number of aromatic nitrogens is 2. The van der Waals surface area contributed by atoms with Crippen molar-refractivity contribution < 1.29 is 5.11 Å². The van der Waals surface area contributed by atoms with Crippen molar-refractivity contribution in [1.82, 2.24) is 9.55 Å². The van der Waals surface area contributed by atoms with E-state index in [9.17, 15) is 4.79 Å². The first-order chi connectivity index (χ1) is 6.83. The molecule has 0 saturated carbocycles. The first kappa shape index (κ1) is 8.90. The average molecular weight is 190 g/mol. The second kappa shape index (κ2) is 3.59. The summed E-state index contributed by atoms with van der Waals surface area (Å²) >= 11 is 0. The molecule has 0 saturated heterocycles. The third kappa shape index (κ3) is 1.40. The summed E-state index contributed by atoms with van der Waals surface area (Å²) in [6, 6.07) is 9.15. The number of aliphatic hydroxyl groups excluding tert-OH is 1. The normalized spacial score (nSPS) is 10.6. The Morgan fingerprint density at radius 2 is 2.07 bits per heavy atom. The van der Waals surface area contributed by atoms with E-state index in [1.54, 1.807) is 6.07 Å². The first-order valence-corrected chi connectivity index (χ1v) is 4.39. The molecule has 0 aromatic heterocycles. The molecular formula is C10H10N2O2. The lowest BCUT2D eigenvalue weighted by Crippen LogP contribution is -2.18. The van der Waals surface area contributed by atoms with Gasteiger partial charge in [-0.15, -0.1) is 0 Å². The Bertz CT molecular complexity index is 464. The third-order valence-electron chi connectivity index (χ3n) is 2.05. The Labute approximate surface area is 80.8 Å². The maximum atomic E-state index is 11.4. The molecule has 0 spiro atoms. The standard InChI is InChI=1S/C10H10N2O2/c13-7-6-12-9-5-3-1-2-4-8(9)11-10(12)14/h1-5,13H,6-7H2. The van der Waals surface area contributed by atoms with Crippen LogP contribution in [-0.2, 0) is 6.54 Å². The summed E-state index contributed by atoms with van der Waals surface area (Å²) in [6.07, 6.45) is 0. The van der Waals surface area contributed by atoms with Gasteiger partial charge in [0.05, 0.1) is 24.5 Å². The predicted octanol–water partition coefficient (Wildman–Crippen LogP) is 0.340. The molecule has 0 bridgehead atoms. The predicted molar refractivity (Wildman–Crippen MR) is 52.2 cm³/mol. The Morgan fingerprint density at radius 1 is 1.29 bits per heavy atom. The van der Waals surface area contributed by atoms with Gasteiger partial charge in [0, 0.05) is 0 Å². The lowest BCUT2D eigenvalue weighted by molar-refractivity contribution is 0.275. The second-order valence-corrected chi connectivity index (χ2v) is 2.95. The highest BCUT2D eigenvalue weighted by molar-refractivity contribution is 5.55. The number of nitrogens with zero attached hydrogens (tertiary/aromatic N) is 2. The monoisotopic (exact) mass is 190 g/mol. The van der Waals surface area contributed by atoms with Gasteiger partial charge in [0.1, 0.15) is 0 Å². The summed E-state index contributed by atoms with van der Waals surface area (Å²) < 4.78 is 1.47. The zero-order chi connectivity index (χ0) is 9.97. The zero-order valence-corrected chi connectivity index (χ0v) is 7.55. The van der Waals surface area contributed by atoms with Crippen LogP contribution in [0.4, 0.5) is 0 Å². The zero-order valence-electron chi connectivity index (χ0n) is 7.55. The molecule has 1 N–H and O–H groups in total. The first-order valence-electron chi connectivity index (χ1n) is 4.39. The maximum Gasteiger partial charge on any atom is 0.348 e. The van der Waals surface area contributed by atoms with Crippen molar-refractivity contribution in [3.05, 3.63) is 40.8 Å². The van der Waals surface area contributed by atoms with Gasteiger partial charge in [0.25, 0.3) is 0 Å². The molecule has 1 aliphatic heterocycles. The van der Waals surface area contributed by atoms with Crippen molar-refractivity contribution in [2.24, 2.45) is 0 Å². The second-order valence-electron chi connectivity index (χ2n) is 2.95. The molecule has 1 heterocycles. The van der Waals surface area contributed by atoms with E-state index in [4.69, 9.17) is 5.11 Å². The highest BCUT2D eigenvalue weighted by atomic mass is 16.3. The summed E-state index contributed by atoms with van der Waals surface area (Å²) in [4.78, 5) is 15.2. The highest BCUT2D eigenvalue weighted by Gasteiger charge is 2.10. The Kier molecular flexibility index (Phi) is 2.28. The van der Waals surface area contributed by atoms with Crippen LogP contribution in [0.15, 0.2) is 35.1 Å². The SMILES string of the molecule is O=c1nc2cccccc-2n1CCO. The molecule has 0 fully saturated rings. The minimum atomic E-state index is -0.305. The van der Waals surface area contributed by atoms with E-state index in [2.05, 4.69) is 4.98 Å². The summed E-state index contributed by atoms with van der Waals surface area (Å²) in [6.45, 7) is 0.235. The van der Waals surface area contributed by atoms with E-state index in [0.717, 1.165) is 5.69 Å². The Balaban J connectivity index is 2.65. The minimum Gasteiger partial charge on any atom is -0.395 e. The number of imidazole rings is 1. The highest BCUT2D eigenvalue weighted by Crippen LogP contribution is 2.14. The molecule has 72 valence electrons. The van der Waals surface area contributed by atoms with Gasteiger partial charge in [-0.25, -0.2) is 4.79 Å². The fourth-order valence-corrected chi connectivity index (χ4v) is 1.43. The Morgan fingerprint density at radius 3 is 2.86 bits per heavy atom. The molecule has 0 radical (unpaired) electrons. The molecule has 14 heavy (non-hydrogen) atoms. The topological polar surface area (TPSA) is 55.1 Å². The van der Waals surface area contributed by atoms with Crippen molar-refractivity contribution in [2.75, 3.05) is 6.61 Å². The van der Waals surface area contributed by atoms with Crippen molar-refractivity contribution in [1.29, 1.82) is 0 Å². The lowest BCUT2D eigenvalue weighted by Gasteiger charge is -1.99. The third-order valence-corrected chi connectivity index (χ3v) is 2.05. The smallest absolute Gasteiger partial charge is 0.348 e. The quantitative estimate of drug-likeness (QED) is 0.743. The molecule has 0 amide bonds. The van der Waals surface area contributed by atoms with Gasteiger partial charge in [-0.05, 0) is 12.1 Å². The van der Waals surface area contributed by atoms with Crippen molar-refractivity contribution >= 4 is 0 Å². The number of fused-ring (bicyclic) bond motifs is 1. The minimum absolute atomic E-state index is 0.0562. The van der Waals surface area contributed by atoms with Crippen LogP contribution >= 0.6 is 0 Å². The molecule has 0 aromatic carbocycles. The van der Waals surface area contributed by atoms with E-state index in [1.165, 1.54) is 4.57 Å². The van der Waals surface area contributed by atoms with E-state index in [0.29, 0.717) is 12.2 Å². The van der Waals surface area contributed by atoms with Crippen LogP contribution in [0.5, 0.6) is 0 Å². The summed E-state index contributed by atoms with van der Waals surface area (Å²) in [5.41, 5.74) is 1.11. The Hall–Kier alpha value is -1.68. The molecule has 0 atom stereocenters. The van der Waals surface area contributed by atoms with E-state index in [1.807, 2.05) is 24.3 Å². The summed E-state index contributed by atoms with van der Waals surface area (Å²) in [5.74, 6) is 0. The van der Waals surface area contributed by atoms with Gasteiger partial charge < -0.3 is 5.11 Å². The van der Waals surface area contributed by atoms with Gasteiger partial charge in [0.2, 0.25) is 0 Å². The van der Waals surface area contributed by atoms with Crippen LogP contribution in [-0.4, -0.2) is 21.3 Å². The van der Waals surface area contributed by atoms with Gasteiger partial charge in [-0.2, -0.15) is 4.98 Å². The van der Waals surface area contributed by atoms with Gasteiger partial charge >= 0.3 is 5.69 Å². The fourth-order valence-electron chi connectivity index (χ4n) is 1.43. The molecule has 2 rings (SSSR count). The lowest BCUT2D eigenvalue weighted by atomic mass is 10.3. The van der Waals surface area contributed by atoms with Crippen molar-refractivity contribution in [3.8, 4) is 11.4 Å². The largest absolute Gasteiger partial charge is 0.395 e. The van der Waals surface area contributed by atoms with Crippen LogP contribution in [0, 0.1) is 0 Å². The van der Waals surface area contributed by atoms with E-state index < -0.39 is 0 Å². The number of rotatable bonds is 2. The molecule has 2 aliphatic rings. The molecule has 1 aliphatic carbocycles. The van der Waals surface area contributed by atoms with Gasteiger partial charge in [-0.1, -0.05) is 18.2 Å². The molecule has 4 nitrogen and oxygen atoms in total. The molecule has 0 unspecified atom stereocenters. The van der Waals surface area contributed by atoms with Crippen LogP contribution in [0.3, 0.4) is 0 Å². The number of hydrogen-bond acceptors (Lipinski definition) is 3. The summed E-state index contributed by atoms with van der Waals surface area (Å²) in [7, 11) is 0. The van der Waals surface area contributed by atoms with Crippen LogP contribution in [0.25, 0.3) is 11.4 Å². The van der Waals surface area contributed by atoms with Crippen molar-refractivity contribution in [2.45, 2.75) is 6.54 Å². The number of aliphatic hydroxyl groups is 1. The van der Waals surface area contributed by atoms with Gasteiger partial charge in [-0.3, -0.25) is 4.57 Å². The maximum absolute atomic E-state index is 11.4. The summed E-state index contributed by atoms with van der Waals surface area (Å²) in [5, 5.41) is 8.80. The molecular weight excluding hydrogens is 180 g/mol. The van der Waals surface area contributed by atoms with Crippen LogP contribution < -0.4 is 5.69 Å². The fraction of sp³-hybridized carbons (Fsp3) is 0.200. The van der Waals surface area contributed by atoms with Crippen LogP contribution in [0.2, 0.25) is 0 Å². The van der Waals surface area contributed by atoms with E-state index >= 15 is 0 Å². The number of hydrogen-bond donors (Lipinski definition) is 1. The van der Waals surface area contributed by atoms with Crippen molar-refractivity contribution in [3.63, 3.8) is 0 Å². The van der Waals surface area contributed by atoms with Crippen LogP contribution in [0.1, 0.15) is 0 Å². The average Bonchev–Trinajstić information content (AvgIpc) is 2.39.